The summed E-state index contributed by atoms with van der Waals surface area (Å²) in [5.41, 5.74) is 1.05. The number of thiophene rings is 1. The topological polar surface area (TPSA) is 89.5 Å². The number of hydrogen-bond donors (Lipinski definition) is 1. The summed E-state index contributed by atoms with van der Waals surface area (Å²) >= 11 is 1.26. The second-order valence-corrected chi connectivity index (χ2v) is 8.74. The molecule has 0 bridgehead atoms. The fraction of sp³-hybridized carbons (Fsp3) is 0.294. The Morgan fingerprint density at radius 2 is 1.80 bits per heavy atom. The Hall–Kier alpha value is -2.19. The van der Waals surface area contributed by atoms with Crippen molar-refractivity contribution in [3.63, 3.8) is 0 Å². The second kappa shape index (κ2) is 7.79. The first-order chi connectivity index (χ1) is 11.8. The first-order valence-electron chi connectivity index (χ1n) is 7.52. The zero-order valence-corrected chi connectivity index (χ0v) is 15.8. The highest BCUT2D eigenvalue weighted by molar-refractivity contribution is 7.91. The standard InChI is InChI=1S/C17H19NO5S2/c1-11-12(2)24-16(15(11)17(20)23-3)18-14(19)9-10-25(21,22)13-7-5-4-6-8-13/h4-8H,9-10H2,1-3H3,(H,18,19). The number of nitrogens with one attached hydrogen (secondary N) is 1. The van der Waals surface area contributed by atoms with Gasteiger partial charge in [0, 0.05) is 11.3 Å². The fourth-order valence-electron chi connectivity index (χ4n) is 2.22. The van der Waals surface area contributed by atoms with E-state index in [1.165, 1.54) is 30.6 Å². The third kappa shape index (κ3) is 4.46. The maximum atomic E-state index is 12.2. The Morgan fingerprint density at radius 1 is 1.16 bits per heavy atom. The number of aryl methyl sites for hydroxylation is 1. The van der Waals surface area contributed by atoms with Crippen LogP contribution in [0.25, 0.3) is 0 Å². The summed E-state index contributed by atoms with van der Waals surface area (Å²) in [6, 6.07) is 7.98. The molecule has 8 heteroatoms. The fourth-order valence-corrected chi connectivity index (χ4v) is 4.55. The van der Waals surface area contributed by atoms with Crippen molar-refractivity contribution >= 4 is 38.1 Å². The van der Waals surface area contributed by atoms with E-state index in [4.69, 9.17) is 4.74 Å². The van der Waals surface area contributed by atoms with Gasteiger partial charge >= 0.3 is 5.97 Å². The molecule has 0 spiro atoms. The number of ether oxygens (including phenoxy) is 1. The summed E-state index contributed by atoms with van der Waals surface area (Å²) in [6.45, 7) is 3.61. The molecule has 0 aliphatic heterocycles. The molecule has 2 rings (SSSR count). The van der Waals surface area contributed by atoms with Gasteiger partial charge < -0.3 is 10.1 Å². The average Bonchev–Trinajstić information content (AvgIpc) is 2.87. The number of carbonyl (C=O) groups excluding carboxylic acids is 2. The number of esters is 1. The first-order valence-corrected chi connectivity index (χ1v) is 9.99. The Kier molecular flexibility index (Phi) is 5.97. The molecular weight excluding hydrogens is 362 g/mol. The highest BCUT2D eigenvalue weighted by Gasteiger charge is 2.22. The molecule has 134 valence electrons. The van der Waals surface area contributed by atoms with Gasteiger partial charge in [0.1, 0.15) is 5.00 Å². The maximum Gasteiger partial charge on any atom is 0.341 e. The van der Waals surface area contributed by atoms with E-state index in [1.807, 2.05) is 6.92 Å². The molecule has 25 heavy (non-hydrogen) atoms. The Morgan fingerprint density at radius 3 is 2.40 bits per heavy atom. The highest BCUT2D eigenvalue weighted by atomic mass is 32.2. The molecule has 0 fully saturated rings. The Bertz CT molecular complexity index is 885. The number of hydrogen-bond acceptors (Lipinski definition) is 6. The van der Waals surface area contributed by atoms with Gasteiger partial charge in [-0.2, -0.15) is 0 Å². The molecule has 0 radical (unpaired) electrons. The van der Waals surface area contributed by atoms with Crippen LogP contribution in [-0.4, -0.2) is 33.2 Å². The molecule has 1 heterocycles. The van der Waals surface area contributed by atoms with Gasteiger partial charge in [0.2, 0.25) is 5.91 Å². The predicted octanol–water partition coefficient (Wildman–Crippen LogP) is 2.95. The molecular formula is C17H19NO5S2. The zero-order chi connectivity index (χ0) is 18.6. The number of amides is 1. The number of anilines is 1. The minimum Gasteiger partial charge on any atom is -0.465 e. The summed E-state index contributed by atoms with van der Waals surface area (Å²) in [5.74, 6) is -1.31. The molecule has 2 aromatic rings. The van der Waals surface area contributed by atoms with Crippen LogP contribution in [0.5, 0.6) is 0 Å². The second-order valence-electron chi connectivity index (χ2n) is 5.41. The molecule has 6 nitrogen and oxygen atoms in total. The van der Waals surface area contributed by atoms with Crippen molar-refractivity contribution in [3.05, 3.63) is 46.3 Å². The van der Waals surface area contributed by atoms with Crippen LogP contribution < -0.4 is 5.32 Å². The molecule has 0 atom stereocenters. The van der Waals surface area contributed by atoms with E-state index in [9.17, 15) is 18.0 Å². The Balaban J connectivity index is 2.09. The monoisotopic (exact) mass is 381 g/mol. The van der Waals surface area contributed by atoms with Crippen molar-refractivity contribution in [2.45, 2.75) is 25.2 Å². The van der Waals surface area contributed by atoms with Crippen LogP contribution in [0.2, 0.25) is 0 Å². The number of rotatable bonds is 6. The van der Waals surface area contributed by atoms with Gasteiger partial charge in [0.05, 0.1) is 23.3 Å². The Labute approximate surface area is 150 Å². The lowest BCUT2D eigenvalue weighted by molar-refractivity contribution is -0.115. The molecule has 0 aliphatic rings. The van der Waals surface area contributed by atoms with E-state index in [2.05, 4.69) is 5.32 Å². The van der Waals surface area contributed by atoms with Gasteiger partial charge in [-0.05, 0) is 31.5 Å². The van der Waals surface area contributed by atoms with Crippen molar-refractivity contribution in [1.82, 2.24) is 0 Å². The average molecular weight is 381 g/mol. The van der Waals surface area contributed by atoms with Crippen LogP contribution in [0.1, 0.15) is 27.2 Å². The number of methoxy groups -OCH3 is 1. The van der Waals surface area contributed by atoms with Crippen LogP contribution in [0, 0.1) is 13.8 Å². The lowest BCUT2D eigenvalue weighted by Crippen LogP contribution is -2.18. The molecule has 1 N–H and O–H groups in total. The minimum absolute atomic E-state index is 0.181. The molecule has 1 aromatic carbocycles. The van der Waals surface area contributed by atoms with E-state index in [0.717, 1.165) is 10.4 Å². The van der Waals surface area contributed by atoms with E-state index < -0.39 is 21.7 Å². The molecule has 0 saturated carbocycles. The summed E-state index contributed by atoms with van der Waals surface area (Å²) in [5, 5.41) is 3.00. The predicted molar refractivity (Wildman–Crippen MR) is 96.9 cm³/mol. The summed E-state index contributed by atoms with van der Waals surface area (Å²) in [4.78, 5) is 25.1. The molecule has 0 unspecified atom stereocenters. The van der Waals surface area contributed by atoms with Crippen LogP contribution in [0.3, 0.4) is 0 Å². The van der Waals surface area contributed by atoms with Crippen LogP contribution >= 0.6 is 11.3 Å². The third-order valence-corrected chi connectivity index (χ3v) is 6.58. The van der Waals surface area contributed by atoms with E-state index in [1.54, 1.807) is 25.1 Å². The quantitative estimate of drug-likeness (QED) is 0.777. The number of sulfone groups is 1. The van der Waals surface area contributed by atoms with Gasteiger partial charge in [0.25, 0.3) is 0 Å². The molecule has 1 aromatic heterocycles. The lowest BCUT2D eigenvalue weighted by Gasteiger charge is -2.07. The van der Waals surface area contributed by atoms with Crippen LogP contribution in [-0.2, 0) is 19.4 Å². The third-order valence-electron chi connectivity index (χ3n) is 3.73. The largest absolute Gasteiger partial charge is 0.465 e. The van der Waals surface area contributed by atoms with Crippen LogP contribution in [0.4, 0.5) is 5.00 Å². The molecule has 1 amide bonds. The van der Waals surface area contributed by atoms with E-state index >= 15 is 0 Å². The summed E-state index contributed by atoms with van der Waals surface area (Å²) in [6.07, 6.45) is -0.201. The minimum atomic E-state index is -3.53. The van der Waals surface area contributed by atoms with Crippen molar-refractivity contribution < 1.29 is 22.7 Å². The zero-order valence-electron chi connectivity index (χ0n) is 14.2. The van der Waals surface area contributed by atoms with Gasteiger partial charge in [0.15, 0.2) is 9.84 Å². The van der Waals surface area contributed by atoms with Crippen molar-refractivity contribution in [1.29, 1.82) is 0 Å². The first kappa shape index (κ1) is 19.1. The van der Waals surface area contributed by atoms with Gasteiger partial charge in [-0.15, -0.1) is 11.3 Å². The highest BCUT2D eigenvalue weighted by Crippen LogP contribution is 2.33. The maximum absolute atomic E-state index is 12.2. The summed E-state index contributed by atoms with van der Waals surface area (Å²) < 4.78 is 29.2. The number of carbonyl (C=O) groups is 2. The van der Waals surface area contributed by atoms with Crippen LogP contribution in [0.15, 0.2) is 35.2 Å². The van der Waals surface area contributed by atoms with Crippen molar-refractivity contribution in [3.8, 4) is 0 Å². The smallest absolute Gasteiger partial charge is 0.341 e. The van der Waals surface area contributed by atoms with Gasteiger partial charge in [-0.1, -0.05) is 18.2 Å². The lowest BCUT2D eigenvalue weighted by atomic mass is 10.1. The van der Waals surface area contributed by atoms with Gasteiger partial charge in [-0.3, -0.25) is 4.79 Å². The molecule has 0 saturated heterocycles. The van der Waals surface area contributed by atoms with Gasteiger partial charge in [-0.25, -0.2) is 13.2 Å². The number of benzene rings is 1. The van der Waals surface area contributed by atoms with Crippen molar-refractivity contribution in [2.75, 3.05) is 18.2 Å². The normalized spacial score (nSPS) is 11.2. The van der Waals surface area contributed by atoms with E-state index in [0.29, 0.717) is 10.6 Å². The van der Waals surface area contributed by atoms with E-state index in [-0.39, 0.29) is 17.1 Å². The SMILES string of the molecule is COC(=O)c1c(NC(=O)CCS(=O)(=O)c2ccccc2)sc(C)c1C. The van der Waals surface area contributed by atoms with Crippen molar-refractivity contribution in [2.24, 2.45) is 0 Å². The summed E-state index contributed by atoms with van der Waals surface area (Å²) in [7, 11) is -2.26. The molecule has 0 aliphatic carbocycles.